The zero-order valence-corrected chi connectivity index (χ0v) is 11.1. The number of hydrogen-bond donors (Lipinski definition) is 0. The molecule has 2 radical (unpaired) electrons. The molecule has 0 heteroatoms. The molecule has 0 amide bonds. The van der Waals surface area contributed by atoms with Crippen LogP contribution in [0.3, 0.4) is 0 Å². The van der Waals surface area contributed by atoms with Crippen molar-refractivity contribution in [2.75, 3.05) is 0 Å². The van der Waals surface area contributed by atoms with E-state index in [9.17, 15) is 0 Å². The van der Waals surface area contributed by atoms with E-state index in [1.165, 1.54) is 32.1 Å². The molecule has 0 aromatic rings. The van der Waals surface area contributed by atoms with Crippen LogP contribution in [0.1, 0.15) is 65.7 Å². The maximum Gasteiger partial charge on any atom is -0.0440 e. The van der Waals surface area contributed by atoms with Gasteiger partial charge < -0.3 is 0 Å². The second-order valence-corrected chi connectivity index (χ2v) is 5.41. The summed E-state index contributed by atoms with van der Waals surface area (Å²) in [7, 11) is 0. The van der Waals surface area contributed by atoms with Crippen molar-refractivity contribution in [3.63, 3.8) is 0 Å². The number of rotatable bonds is 9. The van der Waals surface area contributed by atoms with Gasteiger partial charge in [-0.15, -0.1) is 0 Å². The summed E-state index contributed by atoms with van der Waals surface area (Å²) in [6.07, 6.45) is 8.99. The predicted molar refractivity (Wildman–Crippen MR) is 70.5 cm³/mol. The second kappa shape index (κ2) is 9.24. The Hall–Kier alpha value is 0. The lowest BCUT2D eigenvalue weighted by atomic mass is 9.89. The van der Waals surface area contributed by atoms with Gasteiger partial charge in [-0.3, -0.25) is 0 Å². The smallest absolute Gasteiger partial charge is 0.0440 e. The first-order valence-corrected chi connectivity index (χ1v) is 6.68. The van der Waals surface area contributed by atoms with Crippen LogP contribution in [0.4, 0.5) is 0 Å². The number of hydrogen-bond acceptors (Lipinski definition) is 0. The highest BCUT2D eigenvalue weighted by atomic mass is 14.1. The maximum absolute atomic E-state index is 3.95. The summed E-state index contributed by atoms with van der Waals surface area (Å²) < 4.78 is 0. The van der Waals surface area contributed by atoms with E-state index in [2.05, 4.69) is 34.6 Å². The fraction of sp³-hybridized carbons (Fsp3) is 0.867. The minimum Gasteiger partial charge on any atom is -0.0625 e. The zero-order valence-electron chi connectivity index (χ0n) is 11.1. The Morgan fingerprint density at radius 1 is 0.800 bits per heavy atom. The molecule has 0 saturated heterocycles. The third kappa shape index (κ3) is 8.96. The molecular formula is C15H30. The van der Waals surface area contributed by atoms with Crippen molar-refractivity contribution in [2.24, 2.45) is 17.8 Å². The van der Waals surface area contributed by atoms with Crippen LogP contribution < -0.4 is 0 Å². The molecule has 15 heavy (non-hydrogen) atoms. The van der Waals surface area contributed by atoms with Crippen LogP contribution in [0.2, 0.25) is 0 Å². The van der Waals surface area contributed by atoms with Gasteiger partial charge in [-0.1, -0.05) is 73.1 Å². The molecule has 0 rings (SSSR count). The average Bonchev–Trinajstić information content (AvgIpc) is 2.17. The van der Waals surface area contributed by atoms with Crippen LogP contribution >= 0.6 is 0 Å². The third-order valence-electron chi connectivity index (χ3n) is 3.39. The molecule has 0 aromatic carbocycles. The molecule has 0 nitrogen and oxygen atoms in total. The molecule has 0 N–H and O–H groups in total. The molecule has 0 aliphatic heterocycles. The van der Waals surface area contributed by atoms with E-state index in [-0.39, 0.29) is 0 Å². The normalized spacial score (nSPS) is 17.4. The summed E-state index contributed by atoms with van der Waals surface area (Å²) in [6.45, 7) is 14.9. The minimum absolute atomic E-state index is 0.814. The molecule has 3 atom stereocenters. The monoisotopic (exact) mass is 210 g/mol. The quantitative estimate of drug-likeness (QED) is 0.485. The lowest BCUT2D eigenvalue weighted by Gasteiger charge is -2.17. The Morgan fingerprint density at radius 2 is 1.33 bits per heavy atom. The van der Waals surface area contributed by atoms with Crippen LogP contribution in [0.5, 0.6) is 0 Å². The van der Waals surface area contributed by atoms with E-state index < -0.39 is 0 Å². The molecular weight excluding hydrogens is 180 g/mol. The molecule has 0 aliphatic carbocycles. The fourth-order valence-electron chi connectivity index (χ4n) is 2.23. The van der Waals surface area contributed by atoms with E-state index in [4.69, 9.17) is 0 Å². The van der Waals surface area contributed by atoms with E-state index in [1.54, 1.807) is 0 Å². The Labute approximate surface area is 97.8 Å². The van der Waals surface area contributed by atoms with Crippen LogP contribution in [0.15, 0.2) is 0 Å². The molecule has 0 aliphatic rings. The van der Waals surface area contributed by atoms with E-state index in [0.717, 1.165) is 30.6 Å². The average molecular weight is 210 g/mol. The Balaban J connectivity index is 3.44. The maximum atomic E-state index is 3.95. The first kappa shape index (κ1) is 15.0. The molecule has 90 valence electrons. The van der Waals surface area contributed by atoms with E-state index in [0.29, 0.717) is 0 Å². The van der Waals surface area contributed by atoms with Crippen molar-refractivity contribution in [1.29, 1.82) is 0 Å². The summed E-state index contributed by atoms with van der Waals surface area (Å²) in [6, 6.07) is 0. The SMILES string of the molecule is [CH2]CCC(C)CC(C)CCCC(C)C[CH2]. The van der Waals surface area contributed by atoms with Gasteiger partial charge in [0.2, 0.25) is 0 Å². The minimum atomic E-state index is 0.814. The Kier molecular flexibility index (Phi) is 9.24. The second-order valence-electron chi connectivity index (χ2n) is 5.41. The Morgan fingerprint density at radius 3 is 1.87 bits per heavy atom. The topological polar surface area (TPSA) is 0 Å². The first-order chi connectivity index (χ1) is 7.10. The highest BCUT2D eigenvalue weighted by Gasteiger charge is 2.08. The third-order valence-corrected chi connectivity index (χ3v) is 3.39. The van der Waals surface area contributed by atoms with Crippen LogP contribution in [-0.4, -0.2) is 0 Å². The lowest BCUT2D eigenvalue weighted by molar-refractivity contribution is 0.358. The summed E-state index contributed by atoms with van der Waals surface area (Å²) >= 11 is 0. The zero-order chi connectivity index (χ0) is 11.7. The molecule has 3 unspecified atom stereocenters. The van der Waals surface area contributed by atoms with Gasteiger partial charge in [0, 0.05) is 0 Å². The van der Waals surface area contributed by atoms with Gasteiger partial charge in [-0.2, -0.15) is 0 Å². The van der Waals surface area contributed by atoms with Crippen molar-refractivity contribution < 1.29 is 0 Å². The molecule has 0 bridgehead atoms. The van der Waals surface area contributed by atoms with Gasteiger partial charge in [0.1, 0.15) is 0 Å². The molecule has 0 fully saturated rings. The standard InChI is InChI=1S/C15H30/c1-6-9-14(4)12-15(5)11-8-10-13(3)7-2/h13-15H,1-2,6-12H2,3-5H3. The van der Waals surface area contributed by atoms with Gasteiger partial charge >= 0.3 is 0 Å². The van der Waals surface area contributed by atoms with Gasteiger partial charge in [0.25, 0.3) is 0 Å². The van der Waals surface area contributed by atoms with Crippen molar-refractivity contribution in [2.45, 2.75) is 65.7 Å². The highest BCUT2D eigenvalue weighted by molar-refractivity contribution is 4.62. The van der Waals surface area contributed by atoms with Crippen LogP contribution in [0, 0.1) is 31.6 Å². The molecule has 0 aromatic heterocycles. The van der Waals surface area contributed by atoms with Crippen molar-refractivity contribution in [1.82, 2.24) is 0 Å². The first-order valence-electron chi connectivity index (χ1n) is 6.68. The van der Waals surface area contributed by atoms with Crippen LogP contribution in [-0.2, 0) is 0 Å². The van der Waals surface area contributed by atoms with Gasteiger partial charge in [0.15, 0.2) is 0 Å². The van der Waals surface area contributed by atoms with Crippen LogP contribution in [0.25, 0.3) is 0 Å². The lowest BCUT2D eigenvalue weighted by Crippen LogP contribution is -2.04. The molecule has 0 saturated carbocycles. The van der Waals surface area contributed by atoms with Crippen molar-refractivity contribution >= 4 is 0 Å². The molecule has 0 spiro atoms. The fourth-order valence-corrected chi connectivity index (χ4v) is 2.23. The van der Waals surface area contributed by atoms with E-state index in [1.807, 2.05) is 0 Å². The van der Waals surface area contributed by atoms with Crippen molar-refractivity contribution in [3.8, 4) is 0 Å². The van der Waals surface area contributed by atoms with Gasteiger partial charge in [0.05, 0.1) is 0 Å². The largest absolute Gasteiger partial charge is 0.0625 e. The summed E-state index contributed by atoms with van der Waals surface area (Å²) in [5.74, 6) is 2.57. The van der Waals surface area contributed by atoms with Gasteiger partial charge in [-0.25, -0.2) is 0 Å². The van der Waals surface area contributed by atoms with Gasteiger partial charge in [-0.05, 0) is 24.2 Å². The summed E-state index contributed by atoms with van der Waals surface area (Å²) in [5.41, 5.74) is 0. The highest BCUT2D eigenvalue weighted by Crippen LogP contribution is 2.22. The summed E-state index contributed by atoms with van der Waals surface area (Å²) in [5, 5.41) is 0. The molecule has 0 heterocycles. The van der Waals surface area contributed by atoms with Crippen molar-refractivity contribution in [3.05, 3.63) is 13.8 Å². The summed E-state index contributed by atoms with van der Waals surface area (Å²) in [4.78, 5) is 0. The Bertz CT molecular complexity index is 128. The predicted octanol–water partition coefficient (Wildman–Crippen LogP) is 5.29. The van der Waals surface area contributed by atoms with E-state index >= 15 is 0 Å².